The molecule has 1 aromatic carbocycles. The number of esters is 1. The van der Waals surface area contributed by atoms with Crippen LogP contribution in [0.15, 0.2) is 18.2 Å². The molecular formula is C29H45F2N3O7S. The van der Waals surface area contributed by atoms with E-state index in [0.29, 0.717) is 51.7 Å². The van der Waals surface area contributed by atoms with Crippen molar-refractivity contribution in [1.29, 1.82) is 0 Å². The molecule has 1 saturated heterocycles. The van der Waals surface area contributed by atoms with E-state index in [1.165, 1.54) is 0 Å². The lowest BCUT2D eigenvalue weighted by atomic mass is 10.0. The van der Waals surface area contributed by atoms with Crippen molar-refractivity contribution in [1.82, 2.24) is 10.6 Å². The average Bonchev–Trinajstić information content (AvgIpc) is 3.75. The zero-order valence-corrected chi connectivity index (χ0v) is 25.3. The van der Waals surface area contributed by atoms with Gasteiger partial charge in [0.05, 0.1) is 24.2 Å². The molecule has 1 aromatic rings. The van der Waals surface area contributed by atoms with E-state index < -0.39 is 68.8 Å². The highest BCUT2D eigenvalue weighted by atomic mass is 32.2. The number of hydrogen-bond donors (Lipinski definition) is 3. The van der Waals surface area contributed by atoms with Crippen LogP contribution in [-0.2, 0) is 35.3 Å². The Morgan fingerprint density at radius 1 is 1.05 bits per heavy atom. The third-order valence-electron chi connectivity index (χ3n) is 7.47. The van der Waals surface area contributed by atoms with Crippen molar-refractivity contribution in [2.24, 2.45) is 5.73 Å². The van der Waals surface area contributed by atoms with Gasteiger partial charge in [0.1, 0.15) is 29.9 Å². The van der Waals surface area contributed by atoms with Gasteiger partial charge in [-0.3, -0.25) is 0 Å². The first-order valence-electron chi connectivity index (χ1n) is 14.9. The summed E-state index contributed by atoms with van der Waals surface area (Å²) in [7, 11) is -3.82. The van der Waals surface area contributed by atoms with Crippen molar-refractivity contribution in [2.75, 3.05) is 25.5 Å². The van der Waals surface area contributed by atoms with Gasteiger partial charge in [0.15, 0.2) is 9.84 Å². The number of sulfone groups is 1. The van der Waals surface area contributed by atoms with Gasteiger partial charge in [-0.25, -0.2) is 26.8 Å². The molecule has 2 fully saturated rings. The molecule has 10 nitrogen and oxygen atoms in total. The van der Waals surface area contributed by atoms with Crippen LogP contribution >= 0.6 is 0 Å². The van der Waals surface area contributed by atoms with Gasteiger partial charge in [-0.15, -0.1) is 0 Å². The fourth-order valence-electron chi connectivity index (χ4n) is 5.02. The highest BCUT2D eigenvalue weighted by molar-refractivity contribution is 7.92. The number of halogens is 2. The molecule has 4 N–H and O–H groups in total. The molecule has 3 atom stereocenters. The van der Waals surface area contributed by atoms with Crippen molar-refractivity contribution in [3.8, 4) is 0 Å². The number of nitrogens with one attached hydrogen (secondary N) is 2. The zero-order valence-electron chi connectivity index (χ0n) is 24.5. The van der Waals surface area contributed by atoms with E-state index in [0.717, 1.165) is 31.0 Å². The Morgan fingerprint density at radius 3 is 2.24 bits per heavy atom. The maximum atomic E-state index is 13.8. The summed E-state index contributed by atoms with van der Waals surface area (Å²) in [6.07, 6.45) is 2.68. The van der Waals surface area contributed by atoms with E-state index in [1.54, 1.807) is 0 Å². The Hall–Kier alpha value is -2.35. The van der Waals surface area contributed by atoms with E-state index >= 15 is 0 Å². The van der Waals surface area contributed by atoms with Crippen LogP contribution < -0.4 is 16.4 Å². The predicted molar refractivity (Wildman–Crippen MR) is 154 cm³/mol. The predicted octanol–water partition coefficient (Wildman–Crippen LogP) is 3.16. The first-order valence-corrected chi connectivity index (χ1v) is 16.6. The Balaban J connectivity index is 1.78. The summed E-state index contributed by atoms with van der Waals surface area (Å²) in [6.45, 7) is 4.77. The summed E-state index contributed by atoms with van der Waals surface area (Å²) in [4.78, 5) is 26.3. The van der Waals surface area contributed by atoms with Crippen molar-refractivity contribution in [3.63, 3.8) is 0 Å². The van der Waals surface area contributed by atoms with Crippen molar-refractivity contribution in [2.45, 2.75) is 107 Å². The van der Waals surface area contributed by atoms with Gasteiger partial charge in [-0.1, -0.05) is 26.7 Å². The molecule has 1 amide bonds. The molecule has 1 aliphatic carbocycles. The molecule has 42 heavy (non-hydrogen) atoms. The SMILES string of the molecule is CCCC(CCC)S(=O)(=O)CC(NC(=O)OC1CCOCC1)C(=O)O[C@H](CNC1CC1)[C@@H](N)Cc1cc(F)cc(F)c1. The van der Waals surface area contributed by atoms with Crippen LogP contribution in [0.25, 0.3) is 0 Å². The third-order valence-corrected chi connectivity index (χ3v) is 9.76. The molecule has 0 spiro atoms. The average molecular weight is 618 g/mol. The first-order chi connectivity index (χ1) is 20.0. The minimum absolute atomic E-state index is 0.00374. The Bertz CT molecular complexity index is 1100. The van der Waals surface area contributed by atoms with E-state index in [2.05, 4.69) is 10.6 Å². The van der Waals surface area contributed by atoms with Crippen molar-refractivity contribution >= 4 is 21.9 Å². The van der Waals surface area contributed by atoms with Gasteiger partial charge in [0, 0.05) is 37.5 Å². The van der Waals surface area contributed by atoms with Crippen LogP contribution in [0.4, 0.5) is 13.6 Å². The number of amides is 1. The summed E-state index contributed by atoms with van der Waals surface area (Å²) in [5.41, 5.74) is 6.66. The summed E-state index contributed by atoms with van der Waals surface area (Å²) >= 11 is 0. The minimum atomic E-state index is -3.82. The Labute approximate surface area is 247 Å². The molecule has 2 aliphatic rings. The minimum Gasteiger partial charge on any atom is -0.458 e. The molecule has 1 saturated carbocycles. The molecule has 1 aliphatic heterocycles. The molecule has 1 unspecified atom stereocenters. The summed E-state index contributed by atoms with van der Waals surface area (Å²) in [6, 6.07) is 0.878. The molecule has 0 radical (unpaired) electrons. The lowest BCUT2D eigenvalue weighted by molar-refractivity contribution is -0.152. The third kappa shape index (κ3) is 11.4. The number of hydrogen-bond acceptors (Lipinski definition) is 9. The zero-order chi connectivity index (χ0) is 30.7. The van der Waals surface area contributed by atoms with Gasteiger partial charge < -0.3 is 30.6 Å². The normalized spacial score (nSPS) is 18.3. The molecule has 3 rings (SSSR count). The number of rotatable bonds is 17. The number of carbonyl (C=O) groups excluding carboxylic acids is 2. The lowest BCUT2D eigenvalue weighted by Crippen LogP contribution is -2.53. The second kappa shape index (κ2) is 16.5. The van der Waals surface area contributed by atoms with Gasteiger partial charge >= 0.3 is 12.1 Å². The molecular weight excluding hydrogens is 572 g/mol. The van der Waals surface area contributed by atoms with Crippen LogP contribution in [0.2, 0.25) is 0 Å². The molecule has 238 valence electrons. The van der Waals surface area contributed by atoms with E-state index in [9.17, 15) is 26.8 Å². The van der Waals surface area contributed by atoms with Crippen LogP contribution in [0.5, 0.6) is 0 Å². The number of benzene rings is 1. The smallest absolute Gasteiger partial charge is 0.408 e. The maximum absolute atomic E-state index is 13.8. The number of alkyl carbamates (subject to hydrolysis) is 1. The highest BCUT2D eigenvalue weighted by Crippen LogP contribution is 2.21. The van der Waals surface area contributed by atoms with Crippen LogP contribution in [0, 0.1) is 11.6 Å². The summed E-state index contributed by atoms with van der Waals surface area (Å²) in [5.74, 6) is -3.15. The first kappa shape index (κ1) is 34.1. The Kier molecular flexibility index (Phi) is 13.4. The quantitative estimate of drug-likeness (QED) is 0.224. The van der Waals surface area contributed by atoms with Gasteiger partial charge in [-0.05, 0) is 49.8 Å². The van der Waals surface area contributed by atoms with E-state index in [4.69, 9.17) is 19.9 Å². The van der Waals surface area contributed by atoms with Gasteiger partial charge in [0.25, 0.3) is 0 Å². The van der Waals surface area contributed by atoms with Crippen molar-refractivity contribution < 1.29 is 41.0 Å². The maximum Gasteiger partial charge on any atom is 0.408 e. The number of ether oxygens (including phenoxy) is 3. The highest BCUT2D eigenvalue weighted by Gasteiger charge is 2.36. The summed E-state index contributed by atoms with van der Waals surface area (Å²) < 4.78 is 70.9. The van der Waals surface area contributed by atoms with Crippen LogP contribution in [-0.4, -0.2) is 81.6 Å². The standard InChI is InChI=1S/C29H45F2N3O7S/c1-3-5-24(6-4-2)42(37,38)18-26(34-29(36)40-23-9-11-39-12-10-23)28(35)41-27(17-33-22-7-8-22)25(32)15-19-13-20(30)16-21(31)14-19/h13-14,16,22-27,33H,3-12,15,17-18,32H2,1-2H3,(H,34,36)/t25-,26?,27+/m0/s1. The summed E-state index contributed by atoms with van der Waals surface area (Å²) in [5, 5.41) is 4.99. The van der Waals surface area contributed by atoms with Crippen LogP contribution in [0.1, 0.15) is 70.8 Å². The van der Waals surface area contributed by atoms with Gasteiger partial charge in [0.2, 0.25) is 0 Å². The van der Waals surface area contributed by atoms with Gasteiger partial charge in [-0.2, -0.15) is 0 Å². The Morgan fingerprint density at radius 2 is 1.67 bits per heavy atom. The molecule has 0 bridgehead atoms. The molecule has 1 heterocycles. The molecule has 13 heteroatoms. The topological polar surface area (TPSA) is 146 Å². The monoisotopic (exact) mass is 617 g/mol. The lowest BCUT2D eigenvalue weighted by Gasteiger charge is -2.28. The number of nitrogens with two attached hydrogens (primary N) is 1. The van der Waals surface area contributed by atoms with Crippen LogP contribution in [0.3, 0.4) is 0 Å². The van der Waals surface area contributed by atoms with Crippen molar-refractivity contribution in [3.05, 3.63) is 35.4 Å². The fourth-order valence-corrected chi connectivity index (χ4v) is 7.17. The largest absolute Gasteiger partial charge is 0.458 e. The molecule has 0 aromatic heterocycles. The van der Waals surface area contributed by atoms with E-state index in [1.807, 2.05) is 13.8 Å². The van der Waals surface area contributed by atoms with E-state index in [-0.39, 0.29) is 24.6 Å². The second-order valence-corrected chi connectivity index (χ2v) is 13.6. The second-order valence-electron chi connectivity index (χ2n) is 11.2. The fraction of sp³-hybridized carbons (Fsp3) is 0.724. The number of carbonyl (C=O) groups is 2.